The zero-order valence-corrected chi connectivity index (χ0v) is 15.5. The third kappa shape index (κ3) is 1.15. The van der Waals surface area contributed by atoms with E-state index in [2.05, 4.69) is 29.2 Å². The molecule has 4 atom stereocenters. The highest BCUT2D eigenvalue weighted by atomic mass is 35.5. The normalized spacial score (nSPS) is 49.8. The minimum Gasteiger partial charge on any atom is -0.396 e. The fourth-order valence-electron chi connectivity index (χ4n) is 8.58. The van der Waals surface area contributed by atoms with Crippen LogP contribution >= 0.6 is 23.2 Å². The second-order valence-electron chi connectivity index (χ2n) is 9.12. The van der Waals surface area contributed by atoms with Crippen LogP contribution in [0.4, 0.5) is 5.69 Å². The molecule has 4 unspecified atom stereocenters. The van der Waals surface area contributed by atoms with E-state index >= 15 is 0 Å². The summed E-state index contributed by atoms with van der Waals surface area (Å²) in [6.45, 7) is 1.74. The van der Waals surface area contributed by atoms with Gasteiger partial charge in [-0.2, -0.15) is 0 Å². The molecule has 8 bridgehead atoms. The Kier molecular flexibility index (Phi) is 2.26. The van der Waals surface area contributed by atoms with Gasteiger partial charge in [-0.05, 0) is 47.6 Å². The number of carbonyl (C=O) groups is 1. The molecule has 132 valence electrons. The Hall–Kier alpha value is -1.45. The molecule has 5 fully saturated rings. The summed E-state index contributed by atoms with van der Waals surface area (Å²) in [5.74, 6) is 4.37. The zero-order chi connectivity index (χ0) is 17.6. The second kappa shape index (κ2) is 4.02. The maximum Gasteiger partial charge on any atom is 0.253 e. The number of hydrogen-bond acceptors (Lipinski definition) is 2. The molecule has 1 heterocycles. The summed E-state index contributed by atoms with van der Waals surface area (Å²) in [6, 6.07) is 3.32. The highest BCUT2D eigenvalue weighted by Gasteiger charge is 2.90. The van der Waals surface area contributed by atoms with Crippen LogP contribution in [0.3, 0.4) is 0 Å². The molecule has 1 amide bonds. The number of nitrogens with zero attached hydrogens (tertiary/aromatic N) is 1. The quantitative estimate of drug-likeness (QED) is 0.589. The van der Waals surface area contributed by atoms with Crippen LogP contribution in [0.25, 0.3) is 0 Å². The van der Waals surface area contributed by atoms with Crippen LogP contribution in [-0.4, -0.2) is 23.9 Å². The van der Waals surface area contributed by atoms with Crippen molar-refractivity contribution in [3.05, 3.63) is 52.0 Å². The fraction of sp³-hybridized carbons (Fsp3) is 0.476. The standard InChI is InChI=1S/C21H18Cl2N2O/c22-14-5-9(6-15(23)18(14)24)19(26)25-7-20-10-1-2-11-16(10)17-12(20)3-4-13(17)21(11,20)8-25/h1-6,10-13,16-17H,7-8,24H2. The van der Waals surface area contributed by atoms with Gasteiger partial charge in [-0.15, -0.1) is 0 Å². The number of likely N-dealkylation sites (tertiary alicyclic amines) is 1. The van der Waals surface area contributed by atoms with Gasteiger partial charge in [0.05, 0.1) is 15.7 Å². The van der Waals surface area contributed by atoms with Crippen molar-refractivity contribution in [3.8, 4) is 0 Å². The summed E-state index contributed by atoms with van der Waals surface area (Å²) in [7, 11) is 0. The van der Waals surface area contributed by atoms with Gasteiger partial charge in [0.1, 0.15) is 0 Å². The fourth-order valence-corrected chi connectivity index (χ4v) is 9.07. The first-order chi connectivity index (χ1) is 12.5. The molecule has 3 nitrogen and oxygen atoms in total. The van der Waals surface area contributed by atoms with E-state index in [0.29, 0.717) is 45.0 Å². The number of halogens is 2. The monoisotopic (exact) mass is 384 g/mol. The van der Waals surface area contributed by atoms with Crippen LogP contribution < -0.4 is 5.73 Å². The van der Waals surface area contributed by atoms with E-state index in [0.717, 1.165) is 24.9 Å². The maximum atomic E-state index is 13.3. The van der Waals surface area contributed by atoms with E-state index in [4.69, 9.17) is 28.9 Å². The minimum absolute atomic E-state index is 0.0395. The first-order valence-electron chi connectivity index (χ1n) is 9.41. The minimum atomic E-state index is 0.0395. The van der Waals surface area contributed by atoms with Crippen molar-refractivity contribution in [2.45, 2.75) is 0 Å². The summed E-state index contributed by atoms with van der Waals surface area (Å²) in [4.78, 5) is 15.4. The van der Waals surface area contributed by atoms with Crippen molar-refractivity contribution < 1.29 is 4.79 Å². The highest BCUT2D eigenvalue weighted by molar-refractivity contribution is 6.39. The SMILES string of the molecule is Nc1c(Cl)cc(C(=O)N2CC34C5C=CC6C5C5C3C=CC5C64C2)cc1Cl. The number of nitrogens with two attached hydrogens (primary N) is 1. The Morgan fingerprint density at radius 2 is 1.35 bits per heavy atom. The average molecular weight is 385 g/mol. The van der Waals surface area contributed by atoms with Crippen molar-refractivity contribution in [2.75, 3.05) is 18.8 Å². The summed E-state index contributed by atoms with van der Waals surface area (Å²) in [5, 5.41) is 0.703. The van der Waals surface area contributed by atoms with E-state index in [-0.39, 0.29) is 16.7 Å². The van der Waals surface area contributed by atoms with Crippen LogP contribution in [-0.2, 0) is 0 Å². The van der Waals surface area contributed by atoms with E-state index in [1.54, 1.807) is 12.1 Å². The molecule has 2 N–H and O–H groups in total. The van der Waals surface area contributed by atoms with Gasteiger partial charge in [0.2, 0.25) is 0 Å². The van der Waals surface area contributed by atoms with E-state index in [9.17, 15) is 4.79 Å². The summed E-state index contributed by atoms with van der Waals surface area (Å²) in [6.07, 6.45) is 9.89. The van der Waals surface area contributed by atoms with Gasteiger partial charge in [0.25, 0.3) is 5.91 Å². The Balaban J connectivity index is 1.32. The van der Waals surface area contributed by atoms with Crippen LogP contribution in [0.2, 0.25) is 10.0 Å². The van der Waals surface area contributed by atoms with Gasteiger partial charge in [-0.25, -0.2) is 0 Å². The number of nitrogen functional groups attached to an aromatic ring is 1. The van der Waals surface area contributed by atoms with Gasteiger partial charge in [0.15, 0.2) is 0 Å². The molecule has 4 saturated carbocycles. The molecule has 2 spiro atoms. The third-order valence-corrected chi connectivity index (χ3v) is 9.54. The lowest BCUT2D eigenvalue weighted by Crippen LogP contribution is -2.47. The zero-order valence-electron chi connectivity index (χ0n) is 14.0. The van der Waals surface area contributed by atoms with Gasteiger partial charge in [0, 0.05) is 29.5 Å². The first-order valence-corrected chi connectivity index (χ1v) is 10.2. The summed E-state index contributed by atoms with van der Waals surface area (Å²) >= 11 is 12.3. The molecule has 1 aliphatic heterocycles. The van der Waals surface area contributed by atoms with Crippen molar-refractivity contribution in [2.24, 2.45) is 46.3 Å². The van der Waals surface area contributed by atoms with Gasteiger partial charge in [-0.3, -0.25) is 4.79 Å². The average Bonchev–Trinajstić information content (AvgIpc) is 3.40. The number of benzene rings is 1. The van der Waals surface area contributed by atoms with Crippen LogP contribution in [0.1, 0.15) is 10.4 Å². The summed E-state index contributed by atoms with van der Waals surface area (Å²) < 4.78 is 0. The number of amides is 1. The number of rotatable bonds is 1. The van der Waals surface area contributed by atoms with Crippen molar-refractivity contribution in [1.82, 2.24) is 4.90 Å². The predicted molar refractivity (Wildman–Crippen MR) is 101 cm³/mol. The van der Waals surface area contributed by atoms with Crippen molar-refractivity contribution in [3.63, 3.8) is 0 Å². The molecule has 0 radical (unpaired) electrons. The Labute approximate surface area is 161 Å². The lowest BCUT2D eigenvalue weighted by Gasteiger charge is -2.47. The molecule has 26 heavy (non-hydrogen) atoms. The topological polar surface area (TPSA) is 46.3 Å². The smallest absolute Gasteiger partial charge is 0.253 e. The lowest BCUT2D eigenvalue weighted by atomic mass is 9.55. The molecule has 8 rings (SSSR count). The predicted octanol–water partition coefficient (Wildman–Crippen LogP) is 3.88. The second-order valence-corrected chi connectivity index (χ2v) is 9.94. The van der Waals surface area contributed by atoms with E-state index in [1.807, 2.05) is 0 Å². The Bertz CT molecular complexity index is 887. The van der Waals surface area contributed by atoms with Crippen LogP contribution in [0, 0.1) is 46.3 Å². The maximum absolute atomic E-state index is 13.3. The lowest BCUT2D eigenvalue weighted by molar-refractivity contribution is 0.0650. The molecule has 7 aliphatic rings. The molecule has 1 saturated heterocycles. The molecule has 5 heteroatoms. The molecular formula is C21H18Cl2N2O. The van der Waals surface area contributed by atoms with Crippen LogP contribution in [0.15, 0.2) is 36.4 Å². The molecule has 0 aromatic heterocycles. The van der Waals surface area contributed by atoms with Gasteiger partial charge in [-0.1, -0.05) is 47.5 Å². The first kappa shape index (κ1) is 14.6. The Morgan fingerprint density at radius 3 is 1.77 bits per heavy atom. The Morgan fingerprint density at radius 1 is 0.923 bits per heavy atom. The number of hydrogen-bond donors (Lipinski definition) is 1. The number of allylic oxidation sites excluding steroid dienone is 4. The number of anilines is 1. The summed E-state index contributed by atoms with van der Waals surface area (Å²) in [5.41, 5.74) is 7.28. The molecule has 1 aromatic carbocycles. The van der Waals surface area contributed by atoms with Crippen LogP contribution in [0.5, 0.6) is 0 Å². The molecule has 1 aromatic rings. The van der Waals surface area contributed by atoms with Crippen molar-refractivity contribution >= 4 is 34.8 Å². The van der Waals surface area contributed by atoms with Gasteiger partial charge < -0.3 is 10.6 Å². The van der Waals surface area contributed by atoms with E-state index < -0.39 is 0 Å². The number of carbonyl (C=O) groups excluding carboxylic acids is 1. The molecule has 6 aliphatic carbocycles. The largest absolute Gasteiger partial charge is 0.396 e. The van der Waals surface area contributed by atoms with Crippen molar-refractivity contribution in [1.29, 1.82) is 0 Å². The highest BCUT2D eigenvalue weighted by Crippen LogP contribution is 2.91. The molecular weight excluding hydrogens is 367 g/mol. The van der Waals surface area contributed by atoms with Gasteiger partial charge >= 0.3 is 0 Å². The van der Waals surface area contributed by atoms with E-state index in [1.165, 1.54) is 0 Å². The third-order valence-electron chi connectivity index (χ3n) is 8.92.